The van der Waals surface area contributed by atoms with Crippen molar-refractivity contribution in [2.24, 2.45) is 5.92 Å². The predicted molar refractivity (Wildman–Crippen MR) is 159 cm³/mol. The molecule has 0 aliphatic carbocycles. The van der Waals surface area contributed by atoms with Crippen molar-refractivity contribution in [2.75, 3.05) is 98.2 Å². The number of nitrogens with one attached hydrogen (secondary N) is 2. The number of carbonyl (C=O) groups is 5. The number of nitrogens with zero attached hydrogens (tertiary/aromatic N) is 5. The molecule has 15 nitrogen and oxygen atoms in total. The van der Waals surface area contributed by atoms with E-state index in [0.717, 1.165) is 12.8 Å². The van der Waals surface area contributed by atoms with Crippen LogP contribution in [0.5, 0.6) is 0 Å². The van der Waals surface area contributed by atoms with E-state index in [-0.39, 0.29) is 50.1 Å². The van der Waals surface area contributed by atoms with Crippen molar-refractivity contribution in [3.8, 4) is 0 Å². The summed E-state index contributed by atoms with van der Waals surface area (Å²) in [6.45, 7) is 10.1. The molecule has 0 bridgehead atoms. The molecule has 2 saturated heterocycles. The predicted octanol–water partition coefficient (Wildman–Crippen LogP) is -1.80. The van der Waals surface area contributed by atoms with Crippen molar-refractivity contribution >= 4 is 29.7 Å². The molecular formula is C28H51N7O8. The second-order valence-electron chi connectivity index (χ2n) is 12.0. The molecule has 2 amide bonds. The molecule has 0 saturated carbocycles. The fourth-order valence-corrected chi connectivity index (χ4v) is 5.17. The van der Waals surface area contributed by atoms with Gasteiger partial charge in [-0.2, -0.15) is 0 Å². The van der Waals surface area contributed by atoms with Crippen LogP contribution in [-0.2, 0) is 24.0 Å². The average Bonchev–Trinajstić information content (AvgIpc) is 2.90. The number of aliphatic carboxylic acids is 3. The number of carboxylic acid groups (broad SMARTS) is 3. The van der Waals surface area contributed by atoms with Crippen molar-refractivity contribution in [2.45, 2.75) is 45.7 Å². The zero-order chi connectivity index (χ0) is 31.9. The Labute approximate surface area is 254 Å². The molecule has 2 fully saturated rings. The summed E-state index contributed by atoms with van der Waals surface area (Å²) in [5.41, 5.74) is 0. The quantitative estimate of drug-likeness (QED) is 0.157. The Morgan fingerprint density at radius 1 is 0.558 bits per heavy atom. The van der Waals surface area contributed by atoms with Gasteiger partial charge in [-0.3, -0.25) is 48.5 Å². The van der Waals surface area contributed by atoms with Crippen molar-refractivity contribution in [3.63, 3.8) is 0 Å². The van der Waals surface area contributed by atoms with Crippen LogP contribution in [0.2, 0.25) is 0 Å². The third-order valence-electron chi connectivity index (χ3n) is 8.08. The standard InChI is InChI=1S/C28H51N7O8/c1-21(2)22(3)29-24(36)16-31-6-4-23(5-7-31)30-25(37)17-32-8-10-33(18-26(38)39)12-14-35(20-28(42)43)15-13-34(11-9-32)19-27(40)41/h21-23H,4-20H2,1-3H3,(H,29,36)(H,30,37)(H,38,39)(H,40,41)(H,42,43). The molecular weight excluding hydrogens is 562 g/mol. The van der Waals surface area contributed by atoms with E-state index in [1.807, 2.05) is 11.8 Å². The molecule has 15 heteroatoms. The maximum Gasteiger partial charge on any atom is 0.317 e. The molecule has 0 aromatic rings. The van der Waals surface area contributed by atoms with Crippen LogP contribution in [0.4, 0.5) is 0 Å². The molecule has 43 heavy (non-hydrogen) atoms. The minimum Gasteiger partial charge on any atom is -0.480 e. The van der Waals surface area contributed by atoms with Gasteiger partial charge in [0.15, 0.2) is 0 Å². The summed E-state index contributed by atoms with van der Waals surface area (Å²) in [5.74, 6) is -2.79. The number of carbonyl (C=O) groups excluding carboxylic acids is 2. The van der Waals surface area contributed by atoms with Gasteiger partial charge in [0.2, 0.25) is 11.8 Å². The van der Waals surface area contributed by atoms with Crippen LogP contribution in [-0.4, -0.2) is 180 Å². The summed E-state index contributed by atoms with van der Waals surface area (Å²) in [5, 5.41) is 34.2. The first kappa shape index (κ1) is 36.3. The third-order valence-corrected chi connectivity index (χ3v) is 8.08. The van der Waals surface area contributed by atoms with Gasteiger partial charge >= 0.3 is 17.9 Å². The molecule has 2 rings (SSSR count). The monoisotopic (exact) mass is 613 g/mol. The van der Waals surface area contributed by atoms with E-state index in [1.54, 1.807) is 14.7 Å². The first-order valence-corrected chi connectivity index (χ1v) is 15.2. The fourth-order valence-electron chi connectivity index (χ4n) is 5.17. The van der Waals surface area contributed by atoms with Gasteiger partial charge in [-0.15, -0.1) is 0 Å². The van der Waals surface area contributed by atoms with Gasteiger partial charge in [-0.25, -0.2) is 0 Å². The molecule has 1 unspecified atom stereocenters. The molecule has 5 N–H and O–H groups in total. The molecule has 0 radical (unpaired) electrons. The molecule has 0 aromatic heterocycles. The maximum atomic E-state index is 13.1. The van der Waals surface area contributed by atoms with Crippen LogP contribution in [0.1, 0.15) is 33.6 Å². The summed E-state index contributed by atoms with van der Waals surface area (Å²) < 4.78 is 0. The fraction of sp³-hybridized carbons (Fsp3) is 0.821. The van der Waals surface area contributed by atoms with Crippen LogP contribution in [0.3, 0.4) is 0 Å². The Balaban J connectivity index is 1.95. The topological polar surface area (TPSA) is 186 Å². The Bertz CT molecular complexity index is 897. The molecule has 0 spiro atoms. The van der Waals surface area contributed by atoms with Crippen LogP contribution in [0.25, 0.3) is 0 Å². The second kappa shape index (κ2) is 18.7. The number of rotatable bonds is 13. The highest BCUT2D eigenvalue weighted by molar-refractivity contribution is 5.79. The molecule has 2 aliphatic heterocycles. The largest absolute Gasteiger partial charge is 0.480 e. The number of amides is 2. The highest BCUT2D eigenvalue weighted by Crippen LogP contribution is 2.11. The lowest BCUT2D eigenvalue weighted by molar-refractivity contribution is -0.140. The first-order chi connectivity index (χ1) is 20.3. The van der Waals surface area contributed by atoms with Gasteiger partial charge in [-0.1, -0.05) is 13.8 Å². The van der Waals surface area contributed by atoms with Crippen molar-refractivity contribution < 1.29 is 39.3 Å². The lowest BCUT2D eigenvalue weighted by Gasteiger charge is -2.34. The van der Waals surface area contributed by atoms with E-state index < -0.39 is 17.9 Å². The van der Waals surface area contributed by atoms with Gasteiger partial charge < -0.3 is 26.0 Å². The Morgan fingerprint density at radius 3 is 1.23 bits per heavy atom. The Morgan fingerprint density at radius 2 is 0.884 bits per heavy atom. The minimum atomic E-state index is -1.01. The number of hydrogen-bond acceptors (Lipinski definition) is 10. The first-order valence-electron chi connectivity index (χ1n) is 15.2. The van der Waals surface area contributed by atoms with E-state index in [2.05, 4.69) is 29.4 Å². The number of likely N-dealkylation sites (tertiary alicyclic amines) is 1. The van der Waals surface area contributed by atoms with Crippen LogP contribution >= 0.6 is 0 Å². The van der Waals surface area contributed by atoms with Gasteiger partial charge in [0, 0.05) is 77.5 Å². The normalized spacial score (nSPS) is 20.6. The Kier molecular flexibility index (Phi) is 15.8. The average molecular weight is 614 g/mol. The number of carboxylic acids is 3. The Hall–Kier alpha value is -2.85. The summed E-state index contributed by atoms with van der Waals surface area (Å²) in [4.78, 5) is 68.8. The summed E-state index contributed by atoms with van der Waals surface area (Å²) >= 11 is 0. The number of hydrogen-bond donors (Lipinski definition) is 5. The van der Waals surface area contributed by atoms with Crippen molar-refractivity contribution in [1.82, 2.24) is 35.1 Å². The van der Waals surface area contributed by atoms with E-state index in [1.165, 1.54) is 0 Å². The zero-order valence-corrected chi connectivity index (χ0v) is 25.9. The SMILES string of the molecule is CC(C)C(C)NC(=O)CN1CCC(NC(=O)CN2CCN(CC(=O)O)CCN(CC(=O)O)CCN(CC(=O)O)CC2)CC1. The lowest BCUT2D eigenvalue weighted by Crippen LogP contribution is -2.52. The molecule has 246 valence electrons. The lowest BCUT2D eigenvalue weighted by atomic mass is 10.0. The third kappa shape index (κ3) is 15.4. The van der Waals surface area contributed by atoms with Gasteiger partial charge in [0.25, 0.3) is 0 Å². The van der Waals surface area contributed by atoms with Gasteiger partial charge in [0.1, 0.15) is 0 Å². The van der Waals surface area contributed by atoms with Crippen molar-refractivity contribution in [1.29, 1.82) is 0 Å². The zero-order valence-electron chi connectivity index (χ0n) is 25.9. The highest BCUT2D eigenvalue weighted by Gasteiger charge is 2.25. The van der Waals surface area contributed by atoms with Crippen LogP contribution in [0.15, 0.2) is 0 Å². The van der Waals surface area contributed by atoms with E-state index in [0.29, 0.717) is 77.9 Å². The summed E-state index contributed by atoms with van der Waals surface area (Å²) in [6.07, 6.45) is 1.45. The summed E-state index contributed by atoms with van der Waals surface area (Å²) in [7, 11) is 0. The summed E-state index contributed by atoms with van der Waals surface area (Å²) in [6, 6.07) is 0.0928. The second-order valence-corrected chi connectivity index (χ2v) is 12.0. The minimum absolute atomic E-state index is 0.00228. The van der Waals surface area contributed by atoms with Crippen LogP contribution in [0, 0.1) is 5.92 Å². The molecule has 2 aliphatic rings. The van der Waals surface area contributed by atoms with E-state index >= 15 is 0 Å². The van der Waals surface area contributed by atoms with Crippen LogP contribution < -0.4 is 10.6 Å². The van der Waals surface area contributed by atoms with Gasteiger partial charge in [-0.05, 0) is 25.7 Å². The highest BCUT2D eigenvalue weighted by atomic mass is 16.4. The van der Waals surface area contributed by atoms with E-state index in [4.69, 9.17) is 0 Å². The molecule has 1 atom stereocenters. The van der Waals surface area contributed by atoms with Crippen molar-refractivity contribution in [3.05, 3.63) is 0 Å². The van der Waals surface area contributed by atoms with Gasteiger partial charge in [0.05, 0.1) is 32.7 Å². The molecule has 0 aromatic carbocycles. The molecule has 2 heterocycles. The van der Waals surface area contributed by atoms with E-state index in [9.17, 15) is 39.3 Å². The maximum absolute atomic E-state index is 13.1. The smallest absolute Gasteiger partial charge is 0.317 e. The number of piperidine rings is 1.